The van der Waals surface area contributed by atoms with E-state index >= 15 is 0 Å². The number of carbonyl (C=O) groups is 3. The minimum atomic E-state index is -0.374. The van der Waals surface area contributed by atoms with Gasteiger partial charge in [0.2, 0.25) is 11.8 Å². The van der Waals surface area contributed by atoms with E-state index in [1.807, 2.05) is 5.38 Å². The van der Waals surface area contributed by atoms with Crippen molar-refractivity contribution in [3.8, 4) is 0 Å². The molecule has 2 aromatic heterocycles. The Balaban J connectivity index is 1.69. The van der Waals surface area contributed by atoms with Crippen LogP contribution in [0.25, 0.3) is 0 Å². The van der Waals surface area contributed by atoms with Crippen molar-refractivity contribution >= 4 is 34.9 Å². The topological polar surface area (TPSA) is 105 Å². The largest absolute Gasteiger partial charge is 0.360 e. The van der Waals surface area contributed by atoms with Gasteiger partial charge in [0.25, 0.3) is 5.91 Å². The lowest BCUT2D eigenvalue weighted by Gasteiger charge is -2.16. The van der Waals surface area contributed by atoms with E-state index in [-0.39, 0.29) is 37.2 Å². The highest BCUT2D eigenvalue weighted by molar-refractivity contribution is 7.08. The maximum atomic E-state index is 12.0. The monoisotopic (exact) mass is 350 g/mol. The summed E-state index contributed by atoms with van der Waals surface area (Å²) in [6.07, 6.45) is 0.114. The number of carbonyl (C=O) groups excluding carboxylic acids is 3. The van der Waals surface area contributed by atoms with Crippen LogP contribution in [-0.2, 0) is 9.59 Å². The van der Waals surface area contributed by atoms with Crippen LogP contribution in [0.4, 0.5) is 5.82 Å². The molecule has 0 saturated carbocycles. The van der Waals surface area contributed by atoms with Gasteiger partial charge >= 0.3 is 0 Å². The van der Waals surface area contributed by atoms with Gasteiger partial charge in [-0.2, -0.15) is 11.3 Å². The molecule has 128 valence electrons. The van der Waals surface area contributed by atoms with Crippen molar-refractivity contribution in [2.75, 3.05) is 25.5 Å². The lowest BCUT2D eigenvalue weighted by molar-refractivity contribution is -0.133. The molecule has 2 rings (SSSR count). The highest BCUT2D eigenvalue weighted by Gasteiger charge is 2.14. The molecule has 0 aliphatic carbocycles. The molecule has 3 amide bonds. The second-order valence-electron chi connectivity index (χ2n) is 5.14. The molecule has 8 nitrogen and oxygen atoms in total. The van der Waals surface area contributed by atoms with Gasteiger partial charge in [-0.15, -0.1) is 0 Å². The second kappa shape index (κ2) is 8.25. The van der Waals surface area contributed by atoms with E-state index in [0.717, 1.165) is 0 Å². The number of likely N-dealkylation sites (N-methyl/N-ethyl adjacent to an activating group) is 1. The summed E-state index contributed by atoms with van der Waals surface area (Å²) in [5, 5.41) is 12.4. The van der Waals surface area contributed by atoms with Gasteiger partial charge in [0.05, 0.1) is 6.54 Å². The molecule has 0 unspecified atom stereocenters. The van der Waals surface area contributed by atoms with Crippen LogP contribution >= 0.6 is 11.3 Å². The van der Waals surface area contributed by atoms with Crippen molar-refractivity contribution in [3.05, 3.63) is 34.2 Å². The number of nitrogens with zero attached hydrogens (tertiary/aromatic N) is 2. The molecule has 2 aromatic rings. The summed E-state index contributed by atoms with van der Waals surface area (Å²) in [6.45, 7) is 1.81. The van der Waals surface area contributed by atoms with E-state index in [4.69, 9.17) is 4.52 Å². The summed E-state index contributed by atoms with van der Waals surface area (Å²) < 4.78 is 4.84. The summed E-state index contributed by atoms with van der Waals surface area (Å²) in [5.41, 5.74) is 0.572. The minimum Gasteiger partial charge on any atom is -0.360 e. The van der Waals surface area contributed by atoms with Crippen LogP contribution in [0.5, 0.6) is 0 Å². The van der Waals surface area contributed by atoms with Crippen molar-refractivity contribution in [1.82, 2.24) is 15.4 Å². The van der Waals surface area contributed by atoms with E-state index < -0.39 is 0 Å². The van der Waals surface area contributed by atoms with Gasteiger partial charge < -0.3 is 20.1 Å². The first-order chi connectivity index (χ1) is 11.5. The zero-order chi connectivity index (χ0) is 17.5. The Morgan fingerprint density at radius 3 is 2.79 bits per heavy atom. The summed E-state index contributed by atoms with van der Waals surface area (Å²) in [6, 6.07) is 3.30. The molecule has 24 heavy (non-hydrogen) atoms. The number of amides is 3. The molecule has 2 heterocycles. The Hall–Kier alpha value is -2.68. The van der Waals surface area contributed by atoms with E-state index in [2.05, 4.69) is 15.8 Å². The zero-order valence-electron chi connectivity index (χ0n) is 13.4. The lowest BCUT2D eigenvalue weighted by Crippen LogP contribution is -2.37. The van der Waals surface area contributed by atoms with Crippen LogP contribution in [0.1, 0.15) is 22.5 Å². The number of thiophene rings is 1. The molecule has 9 heteroatoms. The minimum absolute atomic E-state index is 0.108. The average molecular weight is 350 g/mol. The molecule has 0 aliphatic rings. The molecule has 2 N–H and O–H groups in total. The van der Waals surface area contributed by atoms with E-state index in [9.17, 15) is 14.4 Å². The van der Waals surface area contributed by atoms with Gasteiger partial charge in [0, 0.05) is 37.0 Å². The SMILES string of the molecule is Cc1cc(NC(=O)CN(C)C(=O)CCNC(=O)c2ccsc2)no1. The fourth-order valence-electron chi connectivity index (χ4n) is 1.88. The summed E-state index contributed by atoms with van der Waals surface area (Å²) in [7, 11) is 1.52. The molecule has 0 aromatic carbocycles. The van der Waals surface area contributed by atoms with Gasteiger partial charge in [0.1, 0.15) is 5.76 Å². The van der Waals surface area contributed by atoms with Crippen molar-refractivity contribution in [3.63, 3.8) is 0 Å². The molecule has 0 bridgehead atoms. The molecular weight excluding hydrogens is 332 g/mol. The molecule has 0 fully saturated rings. The third-order valence-corrected chi connectivity index (χ3v) is 3.79. The maximum Gasteiger partial charge on any atom is 0.252 e. The molecule has 0 aliphatic heterocycles. The van der Waals surface area contributed by atoms with Crippen molar-refractivity contribution in [2.24, 2.45) is 0 Å². The Bertz CT molecular complexity index is 711. The fourth-order valence-corrected chi connectivity index (χ4v) is 2.52. The maximum absolute atomic E-state index is 12.0. The third-order valence-electron chi connectivity index (χ3n) is 3.11. The van der Waals surface area contributed by atoms with Gasteiger partial charge in [-0.1, -0.05) is 5.16 Å². The van der Waals surface area contributed by atoms with E-state index in [1.54, 1.807) is 24.4 Å². The Morgan fingerprint density at radius 2 is 2.17 bits per heavy atom. The average Bonchev–Trinajstić information content (AvgIpc) is 3.18. The standard InChI is InChI=1S/C15H18N4O4S/c1-10-7-12(18-23-10)17-13(20)8-19(2)14(21)3-5-16-15(22)11-4-6-24-9-11/h4,6-7,9H,3,5,8H2,1-2H3,(H,16,22)(H,17,18,20). The van der Waals surface area contributed by atoms with Gasteiger partial charge in [-0.3, -0.25) is 14.4 Å². The third kappa shape index (κ3) is 5.20. The Morgan fingerprint density at radius 1 is 1.38 bits per heavy atom. The quantitative estimate of drug-likeness (QED) is 0.782. The number of nitrogens with one attached hydrogen (secondary N) is 2. The predicted octanol–water partition coefficient (Wildman–Crippen LogP) is 1.26. The van der Waals surface area contributed by atoms with Crippen LogP contribution in [0.2, 0.25) is 0 Å². The smallest absolute Gasteiger partial charge is 0.252 e. The van der Waals surface area contributed by atoms with E-state index in [0.29, 0.717) is 17.1 Å². The van der Waals surface area contributed by atoms with E-state index in [1.165, 1.54) is 23.3 Å². The van der Waals surface area contributed by atoms with Crippen LogP contribution in [0, 0.1) is 6.92 Å². The van der Waals surface area contributed by atoms with Crippen LogP contribution < -0.4 is 10.6 Å². The van der Waals surface area contributed by atoms with Crippen molar-refractivity contribution in [1.29, 1.82) is 0 Å². The normalized spacial score (nSPS) is 10.2. The van der Waals surface area contributed by atoms with Gasteiger partial charge in [-0.05, 0) is 18.4 Å². The first-order valence-electron chi connectivity index (χ1n) is 7.23. The number of aryl methyl sites for hydroxylation is 1. The highest BCUT2D eigenvalue weighted by Crippen LogP contribution is 2.07. The zero-order valence-corrected chi connectivity index (χ0v) is 14.2. The molecule has 0 spiro atoms. The molecular formula is C15H18N4O4S. The number of rotatable bonds is 7. The summed E-state index contributed by atoms with van der Waals surface area (Å²) in [5.74, 6) is 0.0527. The number of anilines is 1. The second-order valence-corrected chi connectivity index (χ2v) is 5.92. The van der Waals surface area contributed by atoms with Crippen LogP contribution in [0.15, 0.2) is 27.4 Å². The predicted molar refractivity (Wildman–Crippen MR) is 88.8 cm³/mol. The van der Waals surface area contributed by atoms with Gasteiger partial charge in [0.15, 0.2) is 5.82 Å². The number of hydrogen-bond acceptors (Lipinski definition) is 6. The van der Waals surface area contributed by atoms with Gasteiger partial charge in [-0.25, -0.2) is 0 Å². The first-order valence-corrected chi connectivity index (χ1v) is 8.17. The van der Waals surface area contributed by atoms with Crippen LogP contribution in [-0.4, -0.2) is 47.9 Å². The van der Waals surface area contributed by atoms with Crippen LogP contribution in [0.3, 0.4) is 0 Å². The number of aromatic nitrogens is 1. The first kappa shape index (κ1) is 17.7. The Kier molecular flexibility index (Phi) is 6.07. The fraction of sp³-hybridized carbons (Fsp3) is 0.333. The number of hydrogen-bond donors (Lipinski definition) is 2. The molecule has 0 atom stereocenters. The van der Waals surface area contributed by atoms with Crippen molar-refractivity contribution in [2.45, 2.75) is 13.3 Å². The molecule has 0 radical (unpaired) electrons. The highest BCUT2D eigenvalue weighted by atomic mass is 32.1. The molecule has 0 saturated heterocycles. The summed E-state index contributed by atoms with van der Waals surface area (Å²) >= 11 is 1.43. The summed E-state index contributed by atoms with van der Waals surface area (Å²) in [4.78, 5) is 36.8. The Labute approximate surface area is 142 Å². The lowest BCUT2D eigenvalue weighted by atomic mass is 10.3. The van der Waals surface area contributed by atoms with Crippen molar-refractivity contribution < 1.29 is 18.9 Å².